The monoisotopic (exact) mass is 608 g/mol. The quantitative estimate of drug-likeness (QED) is 0.0435. The molecular formula is C33H57N2O6P. The summed E-state index contributed by atoms with van der Waals surface area (Å²) >= 11 is 0. The number of hydrogen-bond acceptors (Lipinski definition) is 6. The first-order valence-corrected chi connectivity index (χ1v) is 17.1. The Morgan fingerprint density at radius 2 is 1.38 bits per heavy atom. The van der Waals surface area contributed by atoms with E-state index in [0.717, 1.165) is 64.2 Å². The maximum Gasteiger partial charge on any atom is 0.472 e. The molecule has 0 aliphatic rings. The first-order chi connectivity index (χ1) is 20.4. The summed E-state index contributed by atoms with van der Waals surface area (Å²) in [6.45, 7) is 3.83. The zero-order chi connectivity index (χ0) is 31.2. The summed E-state index contributed by atoms with van der Waals surface area (Å²) < 4.78 is 21.8. The van der Waals surface area contributed by atoms with Crippen LogP contribution in [0.15, 0.2) is 72.9 Å². The van der Waals surface area contributed by atoms with Crippen LogP contribution in [0.2, 0.25) is 0 Å². The van der Waals surface area contributed by atoms with Gasteiger partial charge in [-0.25, -0.2) is 4.57 Å². The van der Waals surface area contributed by atoms with Crippen LogP contribution >= 0.6 is 7.82 Å². The minimum Gasteiger partial charge on any atom is -0.387 e. The molecule has 0 rings (SSSR count). The van der Waals surface area contributed by atoms with E-state index in [1.807, 2.05) is 6.08 Å². The molecule has 0 fully saturated rings. The van der Waals surface area contributed by atoms with Crippen molar-refractivity contribution in [2.75, 3.05) is 19.8 Å². The molecule has 0 heterocycles. The van der Waals surface area contributed by atoms with Crippen molar-refractivity contribution in [2.45, 2.75) is 109 Å². The second-order valence-electron chi connectivity index (χ2n) is 9.92. The van der Waals surface area contributed by atoms with Gasteiger partial charge in [-0.3, -0.25) is 13.8 Å². The van der Waals surface area contributed by atoms with Gasteiger partial charge in [-0.05, 0) is 64.2 Å². The van der Waals surface area contributed by atoms with Crippen molar-refractivity contribution in [1.82, 2.24) is 5.32 Å². The van der Waals surface area contributed by atoms with Gasteiger partial charge in [0.15, 0.2) is 0 Å². The molecule has 0 aliphatic heterocycles. The third-order valence-electron chi connectivity index (χ3n) is 6.02. The van der Waals surface area contributed by atoms with Gasteiger partial charge in [0, 0.05) is 13.0 Å². The Kier molecular flexibility index (Phi) is 27.6. The molecule has 5 N–H and O–H groups in total. The van der Waals surface area contributed by atoms with Crippen LogP contribution in [0.5, 0.6) is 0 Å². The Labute approximate surface area is 255 Å². The second-order valence-corrected chi connectivity index (χ2v) is 11.4. The van der Waals surface area contributed by atoms with Crippen LogP contribution in [0.3, 0.4) is 0 Å². The largest absolute Gasteiger partial charge is 0.472 e. The summed E-state index contributed by atoms with van der Waals surface area (Å²) in [5.41, 5.74) is 5.31. The van der Waals surface area contributed by atoms with E-state index in [0.29, 0.717) is 6.42 Å². The van der Waals surface area contributed by atoms with Gasteiger partial charge in [0.05, 0.1) is 25.4 Å². The summed E-state index contributed by atoms with van der Waals surface area (Å²) in [4.78, 5) is 22.4. The van der Waals surface area contributed by atoms with Gasteiger partial charge in [0.25, 0.3) is 0 Å². The summed E-state index contributed by atoms with van der Waals surface area (Å²) in [6.07, 6.45) is 35.4. The molecule has 0 saturated heterocycles. The molecule has 42 heavy (non-hydrogen) atoms. The Bertz CT molecular complexity index is 882. The standard InChI is InChI=1S/C33H57N2O6P/c1-3-5-7-9-11-13-14-15-16-17-18-19-21-23-25-27-33(37)35-31(30-41-42(38,39)40-29-28-34)32(36)26-24-22-20-12-10-8-6-4-2/h5,7,10-13,15-16,18-19,24,26,31-32,36H,3-4,6,8-9,14,17,20-23,25,27-30,34H2,1-2H3,(H,35,37)(H,38,39)/b7-5-,12-10+,13-11-,16-15-,19-18-,26-24+. The molecule has 9 heteroatoms. The highest BCUT2D eigenvalue weighted by Gasteiger charge is 2.26. The molecule has 0 saturated carbocycles. The Morgan fingerprint density at radius 1 is 0.810 bits per heavy atom. The zero-order valence-corrected chi connectivity index (χ0v) is 26.8. The minimum atomic E-state index is -4.34. The van der Waals surface area contributed by atoms with Crippen molar-refractivity contribution in [1.29, 1.82) is 0 Å². The van der Waals surface area contributed by atoms with E-state index in [2.05, 4.69) is 79.9 Å². The lowest BCUT2D eigenvalue weighted by Gasteiger charge is -2.23. The van der Waals surface area contributed by atoms with E-state index in [4.69, 9.17) is 14.8 Å². The number of aliphatic hydroxyl groups is 1. The van der Waals surface area contributed by atoms with Crippen molar-refractivity contribution in [2.24, 2.45) is 5.73 Å². The molecule has 0 spiro atoms. The molecule has 1 amide bonds. The molecule has 0 aromatic heterocycles. The molecule has 3 atom stereocenters. The van der Waals surface area contributed by atoms with E-state index >= 15 is 0 Å². The number of allylic oxidation sites excluding steroid dienone is 11. The highest BCUT2D eigenvalue weighted by molar-refractivity contribution is 7.47. The highest BCUT2D eigenvalue weighted by Crippen LogP contribution is 2.43. The summed E-state index contributed by atoms with van der Waals surface area (Å²) in [6, 6.07) is -0.898. The van der Waals surface area contributed by atoms with Crippen LogP contribution in [0.4, 0.5) is 0 Å². The van der Waals surface area contributed by atoms with Crippen LogP contribution < -0.4 is 11.1 Å². The third-order valence-corrected chi connectivity index (χ3v) is 7.00. The van der Waals surface area contributed by atoms with Crippen molar-refractivity contribution < 1.29 is 28.4 Å². The first kappa shape index (κ1) is 39.9. The molecular weight excluding hydrogens is 551 g/mol. The Balaban J connectivity index is 4.53. The van der Waals surface area contributed by atoms with E-state index < -0.39 is 20.0 Å². The summed E-state index contributed by atoms with van der Waals surface area (Å²) in [7, 11) is -4.34. The fraction of sp³-hybridized carbons (Fsp3) is 0.606. The molecule has 0 bridgehead atoms. The van der Waals surface area contributed by atoms with Crippen LogP contribution in [0.25, 0.3) is 0 Å². The fourth-order valence-corrected chi connectivity index (χ4v) is 4.41. The lowest BCUT2D eigenvalue weighted by atomic mass is 10.1. The van der Waals surface area contributed by atoms with Crippen LogP contribution in [-0.4, -0.2) is 47.8 Å². The first-order valence-electron chi connectivity index (χ1n) is 15.6. The Hall–Kier alpha value is -2.06. The van der Waals surface area contributed by atoms with Gasteiger partial charge in [0.2, 0.25) is 5.91 Å². The highest BCUT2D eigenvalue weighted by atomic mass is 31.2. The van der Waals surface area contributed by atoms with Crippen LogP contribution in [0, 0.1) is 0 Å². The number of nitrogens with one attached hydrogen (secondary N) is 1. The number of nitrogens with two attached hydrogens (primary N) is 1. The molecule has 0 radical (unpaired) electrons. The van der Waals surface area contributed by atoms with E-state index in [9.17, 15) is 19.4 Å². The lowest BCUT2D eigenvalue weighted by molar-refractivity contribution is -0.123. The van der Waals surface area contributed by atoms with Gasteiger partial charge in [0.1, 0.15) is 0 Å². The number of hydrogen-bond donors (Lipinski definition) is 4. The smallest absolute Gasteiger partial charge is 0.387 e. The minimum absolute atomic E-state index is 0.0627. The topological polar surface area (TPSA) is 131 Å². The maximum atomic E-state index is 12.6. The van der Waals surface area contributed by atoms with Gasteiger partial charge in [-0.1, -0.05) is 99.6 Å². The number of rotatable bonds is 27. The average molecular weight is 609 g/mol. The van der Waals surface area contributed by atoms with Crippen molar-refractivity contribution in [3.8, 4) is 0 Å². The number of phosphoric acid groups is 1. The Morgan fingerprint density at radius 3 is 2.02 bits per heavy atom. The maximum absolute atomic E-state index is 12.6. The summed E-state index contributed by atoms with van der Waals surface area (Å²) in [5.74, 6) is -0.254. The van der Waals surface area contributed by atoms with Crippen molar-refractivity contribution in [3.05, 3.63) is 72.9 Å². The molecule has 8 nitrogen and oxygen atoms in total. The normalized spacial score (nSPS) is 15.6. The second kappa shape index (κ2) is 29.0. The van der Waals surface area contributed by atoms with Crippen LogP contribution in [0.1, 0.15) is 97.3 Å². The summed E-state index contributed by atoms with van der Waals surface area (Å²) in [5, 5.41) is 13.4. The number of unbranched alkanes of at least 4 members (excludes halogenated alkanes) is 5. The molecule has 240 valence electrons. The zero-order valence-electron chi connectivity index (χ0n) is 25.9. The van der Waals surface area contributed by atoms with Gasteiger partial charge in [-0.15, -0.1) is 0 Å². The third kappa shape index (κ3) is 26.8. The lowest BCUT2D eigenvalue weighted by Crippen LogP contribution is -2.45. The molecule has 0 aliphatic carbocycles. The molecule has 3 unspecified atom stereocenters. The SMILES string of the molecule is CC/C=C\C/C=C\C/C=C\C/C=C\CCCCC(=O)NC(COP(=O)(O)OCCN)C(O)/C=C/CC/C=C/CCCC. The van der Waals surface area contributed by atoms with Gasteiger partial charge < -0.3 is 21.1 Å². The van der Waals surface area contributed by atoms with E-state index in [-0.39, 0.29) is 32.1 Å². The predicted octanol–water partition coefficient (Wildman–Crippen LogP) is 7.37. The van der Waals surface area contributed by atoms with Crippen molar-refractivity contribution in [3.63, 3.8) is 0 Å². The number of carbonyl (C=O) groups is 1. The molecule has 0 aromatic carbocycles. The number of amides is 1. The van der Waals surface area contributed by atoms with Crippen molar-refractivity contribution >= 4 is 13.7 Å². The predicted molar refractivity (Wildman–Crippen MR) is 175 cm³/mol. The van der Waals surface area contributed by atoms with Gasteiger partial charge in [-0.2, -0.15) is 0 Å². The number of phosphoric ester groups is 1. The van der Waals surface area contributed by atoms with E-state index in [1.54, 1.807) is 6.08 Å². The average Bonchev–Trinajstić information content (AvgIpc) is 2.97. The van der Waals surface area contributed by atoms with Crippen LogP contribution in [-0.2, 0) is 18.4 Å². The number of aliphatic hydroxyl groups excluding tert-OH is 1. The molecule has 0 aromatic rings. The number of carbonyl (C=O) groups excluding carboxylic acids is 1. The van der Waals surface area contributed by atoms with E-state index in [1.165, 1.54) is 6.42 Å². The fourth-order valence-electron chi connectivity index (χ4n) is 3.65. The van der Waals surface area contributed by atoms with Gasteiger partial charge >= 0.3 is 7.82 Å².